The predicted molar refractivity (Wildman–Crippen MR) is 101 cm³/mol. The van der Waals surface area contributed by atoms with Gasteiger partial charge in [0.15, 0.2) is 27.9 Å². The highest BCUT2D eigenvalue weighted by molar-refractivity contribution is 7.90. The molecule has 0 aliphatic rings. The van der Waals surface area contributed by atoms with E-state index < -0.39 is 28.3 Å². The highest BCUT2D eigenvalue weighted by atomic mass is 32.2. The van der Waals surface area contributed by atoms with Gasteiger partial charge in [-0.05, 0) is 24.3 Å². The van der Waals surface area contributed by atoms with E-state index in [4.69, 9.17) is 14.2 Å². The smallest absolute Gasteiger partial charge is 0.339 e. The van der Waals surface area contributed by atoms with Gasteiger partial charge in [-0.2, -0.15) is 0 Å². The first-order valence-corrected chi connectivity index (χ1v) is 10.2. The van der Waals surface area contributed by atoms with Gasteiger partial charge in [-0.1, -0.05) is 24.3 Å². The number of nitrogens with one attached hydrogen (secondary N) is 1. The average molecular weight is 407 g/mol. The topological polar surface area (TPSA) is 108 Å². The first-order chi connectivity index (χ1) is 13.3. The van der Waals surface area contributed by atoms with Crippen molar-refractivity contribution in [1.82, 2.24) is 5.32 Å². The number of hydrogen-bond acceptors (Lipinski definition) is 7. The Morgan fingerprint density at radius 2 is 1.64 bits per heavy atom. The van der Waals surface area contributed by atoms with Gasteiger partial charge in [0, 0.05) is 6.26 Å². The molecule has 0 atom stereocenters. The largest absolute Gasteiger partial charge is 0.493 e. The third-order valence-electron chi connectivity index (χ3n) is 3.59. The quantitative estimate of drug-likeness (QED) is 0.495. The van der Waals surface area contributed by atoms with Gasteiger partial charge in [0.2, 0.25) is 0 Å². The average Bonchev–Trinajstić information content (AvgIpc) is 2.69. The maximum atomic E-state index is 12.1. The first kappa shape index (κ1) is 21.2. The molecule has 2 aromatic rings. The summed E-state index contributed by atoms with van der Waals surface area (Å²) in [6.07, 6.45) is 0.994. The molecule has 2 aromatic carbocycles. The van der Waals surface area contributed by atoms with Crippen LogP contribution < -0.4 is 14.8 Å². The van der Waals surface area contributed by atoms with Crippen LogP contribution in [0.3, 0.4) is 0 Å². The van der Waals surface area contributed by atoms with Crippen molar-refractivity contribution in [2.45, 2.75) is 4.90 Å². The lowest BCUT2D eigenvalue weighted by atomic mass is 10.2. The molecule has 1 amide bonds. The fraction of sp³-hybridized carbons (Fsp3) is 0.263. The van der Waals surface area contributed by atoms with E-state index in [0.29, 0.717) is 11.5 Å². The number of rotatable bonds is 9. The van der Waals surface area contributed by atoms with Gasteiger partial charge >= 0.3 is 5.97 Å². The Hall–Kier alpha value is -3.07. The number of sulfone groups is 1. The molecule has 0 spiro atoms. The van der Waals surface area contributed by atoms with Crippen molar-refractivity contribution in [2.75, 3.05) is 33.1 Å². The number of methoxy groups -OCH3 is 1. The summed E-state index contributed by atoms with van der Waals surface area (Å²) in [6.45, 7) is -0.156. The minimum Gasteiger partial charge on any atom is -0.493 e. The molecule has 0 aromatic heterocycles. The maximum absolute atomic E-state index is 12.1. The second-order valence-electron chi connectivity index (χ2n) is 5.69. The summed E-state index contributed by atoms with van der Waals surface area (Å²) in [7, 11) is -2.07. The van der Waals surface area contributed by atoms with Crippen LogP contribution in [0.1, 0.15) is 10.4 Å². The van der Waals surface area contributed by atoms with E-state index in [9.17, 15) is 18.0 Å². The number of amides is 1. The van der Waals surface area contributed by atoms with Crippen molar-refractivity contribution in [3.05, 3.63) is 54.1 Å². The van der Waals surface area contributed by atoms with E-state index in [-0.39, 0.29) is 23.6 Å². The van der Waals surface area contributed by atoms with Gasteiger partial charge in [0.1, 0.15) is 6.61 Å². The molecule has 8 nitrogen and oxygen atoms in total. The van der Waals surface area contributed by atoms with Gasteiger partial charge in [-0.25, -0.2) is 13.2 Å². The van der Waals surface area contributed by atoms with Crippen LogP contribution >= 0.6 is 0 Å². The third-order valence-corrected chi connectivity index (χ3v) is 4.75. The minimum atomic E-state index is -3.59. The molecule has 1 N–H and O–H groups in total. The molecule has 0 heterocycles. The van der Waals surface area contributed by atoms with E-state index in [2.05, 4.69) is 5.32 Å². The van der Waals surface area contributed by atoms with Crippen molar-refractivity contribution in [2.24, 2.45) is 0 Å². The molecule has 0 aliphatic heterocycles. The van der Waals surface area contributed by atoms with Crippen molar-refractivity contribution in [1.29, 1.82) is 0 Å². The lowest BCUT2D eigenvalue weighted by molar-refractivity contribution is -0.124. The Kier molecular flexibility index (Phi) is 7.39. The zero-order valence-electron chi connectivity index (χ0n) is 15.5. The second-order valence-corrected chi connectivity index (χ2v) is 7.68. The van der Waals surface area contributed by atoms with Crippen LogP contribution in [-0.4, -0.2) is 53.4 Å². The SMILES string of the molecule is COc1ccccc1OCCNC(=O)COC(=O)c1ccccc1S(C)(=O)=O. The van der Waals surface area contributed by atoms with Crippen molar-refractivity contribution in [3.63, 3.8) is 0 Å². The monoisotopic (exact) mass is 407 g/mol. The normalized spacial score (nSPS) is 10.8. The zero-order valence-corrected chi connectivity index (χ0v) is 16.3. The van der Waals surface area contributed by atoms with Crippen LogP contribution in [-0.2, 0) is 19.4 Å². The van der Waals surface area contributed by atoms with Crippen LogP contribution in [0.4, 0.5) is 0 Å². The van der Waals surface area contributed by atoms with Crippen LogP contribution in [0.15, 0.2) is 53.4 Å². The Labute approximate surface area is 163 Å². The molecule has 0 fully saturated rings. The number of benzene rings is 2. The summed E-state index contributed by atoms with van der Waals surface area (Å²) in [5.74, 6) is -0.300. The van der Waals surface area contributed by atoms with Gasteiger partial charge in [-0.3, -0.25) is 4.79 Å². The summed E-state index contributed by atoms with van der Waals surface area (Å²) in [6, 6.07) is 12.7. The Bertz CT molecular complexity index is 941. The van der Waals surface area contributed by atoms with Crippen LogP contribution in [0, 0.1) is 0 Å². The third kappa shape index (κ3) is 5.98. The van der Waals surface area contributed by atoms with E-state index in [1.807, 2.05) is 6.07 Å². The molecule has 0 saturated heterocycles. The van der Waals surface area contributed by atoms with Crippen molar-refractivity contribution < 1.29 is 32.2 Å². The summed E-state index contributed by atoms with van der Waals surface area (Å²) in [5.41, 5.74) is -0.114. The maximum Gasteiger partial charge on any atom is 0.339 e. The Morgan fingerprint density at radius 3 is 2.32 bits per heavy atom. The number of ether oxygens (including phenoxy) is 3. The summed E-state index contributed by atoms with van der Waals surface area (Å²) < 4.78 is 39.0. The molecule has 0 bridgehead atoms. The summed E-state index contributed by atoms with van der Waals surface area (Å²) in [4.78, 5) is 23.8. The molecule has 0 saturated carbocycles. The fourth-order valence-electron chi connectivity index (χ4n) is 2.31. The fourth-order valence-corrected chi connectivity index (χ4v) is 3.18. The molecule has 0 radical (unpaired) electrons. The van der Waals surface area contributed by atoms with Crippen molar-refractivity contribution in [3.8, 4) is 11.5 Å². The highest BCUT2D eigenvalue weighted by Crippen LogP contribution is 2.25. The van der Waals surface area contributed by atoms with Crippen molar-refractivity contribution >= 4 is 21.7 Å². The second kappa shape index (κ2) is 9.75. The Morgan fingerprint density at radius 1 is 1.00 bits per heavy atom. The molecule has 0 aliphatic carbocycles. The van der Waals surface area contributed by atoms with Crippen LogP contribution in [0.25, 0.3) is 0 Å². The van der Waals surface area contributed by atoms with E-state index >= 15 is 0 Å². The number of carbonyl (C=O) groups is 2. The lowest BCUT2D eigenvalue weighted by Crippen LogP contribution is -2.32. The molecular formula is C19H21NO7S. The molecule has 2 rings (SSSR count). The zero-order chi connectivity index (χ0) is 20.6. The first-order valence-electron chi connectivity index (χ1n) is 8.31. The number of esters is 1. The highest BCUT2D eigenvalue weighted by Gasteiger charge is 2.20. The van der Waals surface area contributed by atoms with E-state index in [1.54, 1.807) is 18.2 Å². The molecule has 9 heteroatoms. The summed E-state index contributed by atoms with van der Waals surface area (Å²) in [5, 5.41) is 2.54. The molecule has 28 heavy (non-hydrogen) atoms. The lowest BCUT2D eigenvalue weighted by Gasteiger charge is -2.11. The van der Waals surface area contributed by atoms with Crippen LogP contribution in [0.5, 0.6) is 11.5 Å². The standard InChI is InChI=1S/C19H21NO7S/c1-25-15-8-4-5-9-16(15)26-12-11-20-18(21)13-27-19(22)14-7-3-6-10-17(14)28(2,23)24/h3-10H,11-13H2,1-2H3,(H,20,21). The Balaban J connectivity index is 1.79. The van der Waals surface area contributed by atoms with Gasteiger partial charge in [-0.15, -0.1) is 0 Å². The minimum absolute atomic E-state index is 0.114. The number of carbonyl (C=O) groups excluding carboxylic acids is 2. The van der Waals surface area contributed by atoms with E-state index in [0.717, 1.165) is 6.26 Å². The van der Waals surface area contributed by atoms with Gasteiger partial charge in [0.05, 0.1) is 24.1 Å². The summed E-state index contributed by atoms with van der Waals surface area (Å²) >= 11 is 0. The number of hydrogen-bond donors (Lipinski definition) is 1. The molecular weight excluding hydrogens is 386 g/mol. The van der Waals surface area contributed by atoms with Crippen LogP contribution in [0.2, 0.25) is 0 Å². The van der Waals surface area contributed by atoms with E-state index in [1.165, 1.54) is 31.4 Å². The molecule has 150 valence electrons. The van der Waals surface area contributed by atoms with Gasteiger partial charge < -0.3 is 19.5 Å². The predicted octanol–water partition coefficient (Wildman–Crippen LogP) is 1.45. The van der Waals surface area contributed by atoms with Gasteiger partial charge in [0.25, 0.3) is 5.91 Å². The molecule has 0 unspecified atom stereocenters. The number of para-hydroxylation sites is 2.